The smallest absolute Gasteiger partial charge is 0.317 e. The lowest BCUT2D eigenvalue weighted by Gasteiger charge is -2.34. The van der Waals surface area contributed by atoms with Crippen LogP contribution < -0.4 is 5.32 Å². The van der Waals surface area contributed by atoms with Gasteiger partial charge in [-0.1, -0.05) is 74.7 Å². The first-order valence-corrected chi connectivity index (χ1v) is 11.4. The third kappa shape index (κ3) is 4.76. The average Bonchev–Trinajstić information content (AvgIpc) is 2.79. The predicted octanol–water partition coefficient (Wildman–Crippen LogP) is 5.40. The summed E-state index contributed by atoms with van der Waals surface area (Å²) in [6, 6.07) is 19.2. The zero-order chi connectivity index (χ0) is 20.8. The first-order chi connectivity index (χ1) is 14.8. The number of nitrogens with zero attached hydrogens (tertiary/aromatic N) is 2. The maximum Gasteiger partial charge on any atom is 0.317 e. The predicted molar refractivity (Wildman–Crippen MR) is 126 cm³/mol. The molecule has 1 saturated heterocycles. The molecule has 3 aromatic carbocycles. The highest BCUT2D eigenvalue weighted by atomic mass is 16.2. The van der Waals surface area contributed by atoms with Crippen molar-refractivity contribution in [3.05, 3.63) is 60.2 Å². The molecule has 4 rings (SSSR count). The van der Waals surface area contributed by atoms with E-state index in [0.717, 1.165) is 32.7 Å². The van der Waals surface area contributed by atoms with Gasteiger partial charge in [-0.05, 0) is 46.1 Å². The van der Waals surface area contributed by atoms with E-state index >= 15 is 0 Å². The zero-order valence-corrected chi connectivity index (χ0v) is 18.1. The van der Waals surface area contributed by atoms with Gasteiger partial charge in [-0.25, -0.2) is 4.79 Å². The average molecular weight is 404 g/mol. The number of urea groups is 1. The van der Waals surface area contributed by atoms with Gasteiger partial charge in [-0.15, -0.1) is 0 Å². The van der Waals surface area contributed by atoms with Gasteiger partial charge in [0.25, 0.3) is 0 Å². The van der Waals surface area contributed by atoms with Crippen LogP contribution in [0.2, 0.25) is 0 Å². The lowest BCUT2D eigenvalue weighted by Crippen LogP contribution is -2.51. The Morgan fingerprint density at radius 3 is 2.13 bits per heavy atom. The Morgan fingerprint density at radius 2 is 1.50 bits per heavy atom. The zero-order valence-electron chi connectivity index (χ0n) is 18.1. The Labute approximate surface area is 179 Å². The number of carbonyl (C=O) groups is 1. The molecule has 1 fully saturated rings. The van der Waals surface area contributed by atoms with Crippen molar-refractivity contribution in [2.45, 2.75) is 39.2 Å². The van der Waals surface area contributed by atoms with Crippen molar-refractivity contribution in [2.24, 2.45) is 0 Å². The Hall–Kier alpha value is -2.59. The van der Waals surface area contributed by atoms with Crippen LogP contribution in [0.25, 0.3) is 21.5 Å². The Bertz CT molecular complexity index is 938. The number of benzene rings is 3. The molecule has 0 bridgehead atoms. The van der Waals surface area contributed by atoms with E-state index in [2.05, 4.69) is 71.7 Å². The van der Waals surface area contributed by atoms with Crippen LogP contribution in [-0.2, 0) is 6.54 Å². The highest BCUT2D eigenvalue weighted by Crippen LogP contribution is 2.28. The second kappa shape index (κ2) is 9.94. The molecule has 158 valence electrons. The minimum atomic E-state index is 0.0534. The molecule has 0 aromatic heterocycles. The molecule has 1 aliphatic rings. The molecule has 1 N–H and O–H groups in total. The van der Waals surface area contributed by atoms with Crippen molar-refractivity contribution in [1.29, 1.82) is 0 Å². The largest absolute Gasteiger partial charge is 0.334 e. The summed E-state index contributed by atoms with van der Waals surface area (Å²) in [7, 11) is 0. The molecule has 1 heterocycles. The van der Waals surface area contributed by atoms with Gasteiger partial charge in [0.05, 0.1) is 0 Å². The number of rotatable bonds is 7. The number of carbonyl (C=O) groups excluding carboxylic acids is 1. The van der Waals surface area contributed by atoms with Gasteiger partial charge in [0, 0.05) is 32.7 Å². The fourth-order valence-electron chi connectivity index (χ4n) is 4.51. The number of piperazine rings is 1. The molecule has 30 heavy (non-hydrogen) atoms. The van der Waals surface area contributed by atoms with E-state index in [0.29, 0.717) is 6.54 Å². The van der Waals surface area contributed by atoms with Crippen LogP contribution >= 0.6 is 0 Å². The summed E-state index contributed by atoms with van der Waals surface area (Å²) >= 11 is 0. The van der Waals surface area contributed by atoms with E-state index in [1.165, 1.54) is 52.8 Å². The van der Waals surface area contributed by atoms with Crippen LogP contribution in [0.5, 0.6) is 0 Å². The number of nitrogens with one attached hydrogen (secondary N) is 1. The Kier molecular flexibility index (Phi) is 6.85. The lowest BCUT2D eigenvalue weighted by molar-refractivity contribution is 0.137. The third-order valence-corrected chi connectivity index (χ3v) is 6.29. The highest BCUT2D eigenvalue weighted by molar-refractivity contribution is 6.02. The standard InChI is InChI=1S/C26H33N3O/c1-2-3-4-9-14-28-15-17-29(18-16-28)26(30)27-20-25-23-12-7-5-10-21(23)19-22-11-6-8-13-24(22)25/h5-8,10-13,19H,2-4,9,14-18,20H2,1H3,(H,27,30). The van der Waals surface area contributed by atoms with Crippen LogP contribution in [0.4, 0.5) is 4.79 Å². The number of hydrogen-bond acceptors (Lipinski definition) is 2. The fourth-order valence-corrected chi connectivity index (χ4v) is 4.51. The monoisotopic (exact) mass is 403 g/mol. The Balaban J connectivity index is 1.38. The maximum absolute atomic E-state index is 12.8. The minimum absolute atomic E-state index is 0.0534. The molecule has 0 spiro atoms. The van der Waals surface area contributed by atoms with E-state index in [9.17, 15) is 4.79 Å². The van der Waals surface area contributed by atoms with Crippen LogP contribution in [0, 0.1) is 0 Å². The molecule has 3 aromatic rings. The Morgan fingerprint density at radius 1 is 0.867 bits per heavy atom. The number of hydrogen-bond donors (Lipinski definition) is 1. The normalized spacial score (nSPS) is 15.0. The van der Waals surface area contributed by atoms with E-state index in [1.54, 1.807) is 0 Å². The molecule has 4 nitrogen and oxygen atoms in total. The minimum Gasteiger partial charge on any atom is -0.334 e. The van der Waals surface area contributed by atoms with Gasteiger partial charge in [-0.2, -0.15) is 0 Å². The van der Waals surface area contributed by atoms with Crippen molar-refractivity contribution < 1.29 is 4.79 Å². The summed E-state index contributed by atoms with van der Waals surface area (Å²) in [5.41, 5.74) is 1.20. The highest BCUT2D eigenvalue weighted by Gasteiger charge is 2.21. The fraction of sp³-hybridized carbons (Fsp3) is 0.423. The summed E-state index contributed by atoms with van der Waals surface area (Å²) < 4.78 is 0. The van der Waals surface area contributed by atoms with Gasteiger partial charge < -0.3 is 10.2 Å². The van der Waals surface area contributed by atoms with Gasteiger partial charge in [-0.3, -0.25) is 4.90 Å². The third-order valence-electron chi connectivity index (χ3n) is 6.29. The van der Waals surface area contributed by atoms with E-state index in [4.69, 9.17) is 0 Å². The number of amides is 2. The van der Waals surface area contributed by atoms with E-state index < -0.39 is 0 Å². The van der Waals surface area contributed by atoms with Crippen LogP contribution in [0.15, 0.2) is 54.6 Å². The van der Waals surface area contributed by atoms with E-state index in [1.807, 2.05) is 4.90 Å². The summed E-state index contributed by atoms with van der Waals surface area (Å²) in [6.07, 6.45) is 5.19. The first-order valence-electron chi connectivity index (χ1n) is 11.4. The van der Waals surface area contributed by atoms with Gasteiger partial charge in [0.2, 0.25) is 0 Å². The van der Waals surface area contributed by atoms with Gasteiger partial charge >= 0.3 is 6.03 Å². The maximum atomic E-state index is 12.8. The van der Waals surface area contributed by atoms with Gasteiger partial charge in [0.1, 0.15) is 0 Å². The van der Waals surface area contributed by atoms with Crippen molar-refractivity contribution in [3.63, 3.8) is 0 Å². The van der Waals surface area contributed by atoms with Crippen LogP contribution in [-0.4, -0.2) is 48.6 Å². The molecular formula is C26H33N3O. The summed E-state index contributed by atoms with van der Waals surface area (Å²) in [4.78, 5) is 17.3. The molecular weight excluding hydrogens is 370 g/mol. The van der Waals surface area contributed by atoms with Crippen molar-refractivity contribution >= 4 is 27.6 Å². The van der Waals surface area contributed by atoms with E-state index in [-0.39, 0.29) is 6.03 Å². The second-order valence-corrected chi connectivity index (χ2v) is 8.35. The molecule has 0 radical (unpaired) electrons. The molecule has 0 atom stereocenters. The molecule has 2 amide bonds. The van der Waals surface area contributed by atoms with Gasteiger partial charge in [0.15, 0.2) is 0 Å². The summed E-state index contributed by atoms with van der Waals surface area (Å²) in [5, 5.41) is 8.07. The summed E-state index contributed by atoms with van der Waals surface area (Å²) in [6.45, 7) is 7.56. The molecule has 0 saturated carbocycles. The summed E-state index contributed by atoms with van der Waals surface area (Å²) in [5.74, 6) is 0. The van der Waals surface area contributed by atoms with Crippen molar-refractivity contribution in [2.75, 3.05) is 32.7 Å². The van der Waals surface area contributed by atoms with Crippen LogP contribution in [0.1, 0.15) is 38.2 Å². The molecule has 4 heteroatoms. The molecule has 0 aliphatic carbocycles. The van der Waals surface area contributed by atoms with Crippen LogP contribution in [0.3, 0.4) is 0 Å². The topological polar surface area (TPSA) is 35.6 Å². The van der Waals surface area contributed by atoms with Crippen molar-refractivity contribution in [1.82, 2.24) is 15.1 Å². The SMILES string of the molecule is CCCCCCN1CCN(C(=O)NCc2c3ccccc3cc3ccccc23)CC1. The lowest BCUT2D eigenvalue weighted by atomic mass is 9.97. The molecule has 1 aliphatic heterocycles. The van der Waals surface area contributed by atoms with Crippen molar-refractivity contribution in [3.8, 4) is 0 Å². The number of fused-ring (bicyclic) bond motifs is 2. The quantitative estimate of drug-likeness (QED) is 0.423. The molecule has 0 unspecified atom stereocenters. The first kappa shape index (κ1) is 20.7. The second-order valence-electron chi connectivity index (χ2n) is 8.35. The number of unbranched alkanes of at least 4 members (excludes halogenated alkanes) is 3.